The SMILES string of the molecule is CN(CC(F)(F)CN)C1CCOCC1. The van der Waals surface area contributed by atoms with E-state index >= 15 is 0 Å². The Bertz CT molecular complexity index is 172. The summed E-state index contributed by atoms with van der Waals surface area (Å²) in [6.07, 6.45) is 1.66. The number of rotatable bonds is 4. The third-order valence-corrected chi connectivity index (χ3v) is 2.59. The van der Waals surface area contributed by atoms with Gasteiger partial charge in [0, 0.05) is 19.3 Å². The fourth-order valence-electron chi connectivity index (χ4n) is 1.68. The van der Waals surface area contributed by atoms with Crippen molar-refractivity contribution in [2.24, 2.45) is 5.73 Å². The van der Waals surface area contributed by atoms with Crippen LogP contribution in [0.1, 0.15) is 12.8 Å². The largest absolute Gasteiger partial charge is 0.381 e. The van der Waals surface area contributed by atoms with Crippen LogP contribution in [0.15, 0.2) is 0 Å². The third-order valence-electron chi connectivity index (χ3n) is 2.59. The Kier molecular flexibility index (Phi) is 4.22. The molecule has 84 valence electrons. The molecule has 0 amide bonds. The molecule has 0 aromatic carbocycles. The van der Waals surface area contributed by atoms with Gasteiger partial charge in [-0.1, -0.05) is 0 Å². The lowest BCUT2D eigenvalue weighted by Gasteiger charge is -2.33. The molecule has 3 nitrogen and oxygen atoms in total. The van der Waals surface area contributed by atoms with Crippen LogP contribution >= 0.6 is 0 Å². The highest BCUT2D eigenvalue weighted by Crippen LogP contribution is 2.18. The topological polar surface area (TPSA) is 38.5 Å². The Balaban J connectivity index is 2.36. The zero-order valence-electron chi connectivity index (χ0n) is 8.51. The second-order valence-corrected chi connectivity index (χ2v) is 3.82. The summed E-state index contributed by atoms with van der Waals surface area (Å²) in [7, 11) is 1.72. The molecule has 0 bridgehead atoms. The van der Waals surface area contributed by atoms with Gasteiger partial charge >= 0.3 is 0 Å². The van der Waals surface area contributed by atoms with Crippen LogP contribution in [-0.4, -0.2) is 50.2 Å². The van der Waals surface area contributed by atoms with Crippen molar-refractivity contribution in [3.63, 3.8) is 0 Å². The molecule has 1 saturated heterocycles. The van der Waals surface area contributed by atoms with Crippen LogP contribution in [0.3, 0.4) is 0 Å². The summed E-state index contributed by atoms with van der Waals surface area (Å²) in [6.45, 7) is 0.501. The van der Waals surface area contributed by atoms with Gasteiger partial charge in [-0.25, -0.2) is 8.78 Å². The maximum absolute atomic E-state index is 13.0. The van der Waals surface area contributed by atoms with E-state index < -0.39 is 12.5 Å². The van der Waals surface area contributed by atoms with Crippen molar-refractivity contribution in [2.45, 2.75) is 24.8 Å². The number of nitrogens with zero attached hydrogens (tertiary/aromatic N) is 1. The van der Waals surface area contributed by atoms with E-state index in [-0.39, 0.29) is 12.6 Å². The highest BCUT2D eigenvalue weighted by molar-refractivity contribution is 4.78. The minimum atomic E-state index is -2.77. The predicted octanol–water partition coefficient (Wildman–Crippen LogP) is 0.691. The van der Waals surface area contributed by atoms with Gasteiger partial charge in [0.15, 0.2) is 0 Å². The van der Waals surface area contributed by atoms with Crippen LogP contribution in [0.4, 0.5) is 8.78 Å². The molecule has 1 aliphatic heterocycles. The molecule has 2 N–H and O–H groups in total. The summed E-state index contributed by atoms with van der Waals surface area (Å²) in [5.74, 6) is -2.77. The van der Waals surface area contributed by atoms with Crippen molar-refractivity contribution >= 4 is 0 Å². The Morgan fingerprint density at radius 1 is 1.43 bits per heavy atom. The van der Waals surface area contributed by atoms with Gasteiger partial charge in [0.1, 0.15) is 0 Å². The summed E-state index contributed by atoms with van der Waals surface area (Å²) in [5.41, 5.74) is 4.98. The number of nitrogens with two attached hydrogens (primary N) is 1. The van der Waals surface area contributed by atoms with E-state index in [1.807, 2.05) is 0 Å². The smallest absolute Gasteiger partial charge is 0.272 e. The number of halogens is 2. The number of alkyl halides is 2. The fraction of sp³-hybridized carbons (Fsp3) is 1.00. The van der Waals surface area contributed by atoms with E-state index in [9.17, 15) is 8.78 Å². The van der Waals surface area contributed by atoms with Gasteiger partial charge in [-0.05, 0) is 19.9 Å². The zero-order valence-corrected chi connectivity index (χ0v) is 8.51. The molecule has 0 saturated carbocycles. The van der Waals surface area contributed by atoms with Crippen LogP contribution in [0.2, 0.25) is 0 Å². The first-order chi connectivity index (χ1) is 6.55. The van der Waals surface area contributed by atoms with Gasteiger partial charge < -0.3 is 10.5 Å². The highest BCUT2D eigenvalue weighted by Gasteiger charge is 2.31. The molecule has 0 atom stereocenters. The van der Waals surface area contributed by atoms with Gasteiger partial charge in [-0.3, -0.25) is 4.90 Å². The van der Waals surface area contributed by atoms with Crippen molar-refractivity contribution in [3.8, 4) is 0 Å². The van der Waals surface area contributed by atoms with Gasteiger partial charge in [-0.15, -0.1) is 0 Å². The fourth-order valence-corrected chi connectivity index (χ4v) is 1.68. The van der Waals surface area contributed by atoms with Crippen LogP contribution in [-0.2, 0) is 4.74 Å². The minimum absolute atomic E-state index is 0.209. The maximum Gasteiger partial charge on any atom is 0.272 e. The molecule has 1 rings (SSSR count). The second-order valence-electron chi connectivity index (χ2n) is 3.82. The lowest BCUT2D eigenvalue weighted by molar-refractivity contribution is -0.0419. The van der Waals surface area contributed by atoms with E-state index in [0.717, 1.165) is 12.8 Å². The standard InChI is InChI=1S/C9H18F2N2O/c1-13(7-9(10,11)6-12)8-2-4-14-5-3-8/h8H,2-7,12H2,1H3. The van der Waals surface area contributed by atoms with Crippen molar-refractivity contribution in [3.05, 3.63) is 0 Å². The van der Waals surface area contributed by atoms with E-state index in [4.69, 9.17) is 10.5 Å². The maximum atomic E-state index is 13.0. The van der Waals surface area contributed by atoms with E-state index in [0.29, 0.717) is 13.2 Å². The highest BCUT2D eigenvalue weighted by atomic mass is 19.3. The van der Waals surface area contributed by atoms with Gasteiger partial charge in [0.2, 0.25) is 0 Å². The Morgan fingerprint density at radius 2 is 2.00 bits per heavy atom. The lowest BCUT2D eigenvalue weighted by atomic mass is 10.1. The summed E-state index contributed by atoms with van der Waals surface area (Å²) < 4.78 is 31.1. The molecule has 0 unspecified atom stereocenters. The van der Waals surface area contributed by atoms with E-state index in [1.165, 1.54) is 0 Å². The number of hydrogen-bond donors (Lipinski definition) is 1. The average Bonchev–Trinajstić information content (AvgIpc) is 2.19. The van der Waals surface area contributed by atoms with Crippen LogP contribution < -0.4 is 5.73 Å². The molecule has 0 aliphatic carbocycles. The average molecular weight is 208 g/mol. The van der Waals surface area contributed by atoms with Gasteiger partial charge in [-0.2, -0.15) is 0 Å². The zero-order chi connectivity index (χ0) is 10.6. The molecule has 0 aromatic rings. The third kappa shape index (κ3) is 3.48. The minimum Gasteiger partial charge on any atom is -0.381 e. The van der Waals surface area contributed by atoms with E-state index in [2.05, 4.69) is 0 Å². The normalized spacial score (nSPS) is 20.4. The molecule has 14 heavy (non-hydrogen) atoms. The molecule has 1 heterocycles. The Labute approximate surface area is 83.2 Å². The molecule has 0 aromatic heterocycles. The van der Waals surface area contributed by atoms with Crippen molar-refractivity contribution in [1.82, 2.24) is 4.90 Å². The molecule has 5 heteroatoms. The van der Waals surface area contributed by atoms with Crippen molar-refractivity contribution in [2.75, 3.05) is 33.4 Å². The first-order valence-corrected chi connectivity index (χ1v) is 4.91. The summed E-state index contributed by atoms with van der Waals surface area (Å²) in [4.78, 5) is 1.69. The van der Waals surface area contributed by atoms with Gasteiger partial charge in [0.05, 0.1) is 13.1 Å². The number of ether oxygens (including phenoxy) is 1. The summed E-state index contributed by atoms with van der Waals surface area (Å²) >= 11 is 0. The van der Waals surface area contributed by atoms with Crippen molar-refractivity contribution in [1.29, 1.82) is 0 Å². The van der Waals surface area contributed by atoms with Crippen LogP contribution in [0.5, 0.6) is 0 Å². The predicted molar refractivity (Wildman–Crippen MR) is 50.5 cm³/mol. The van der Waals surface area contributed by atoms with Gasteiger partial charge in [0.25, 0.3) is 5.92 Å². The first kappa shape index (κ1) is 11.8. The lowest BCUT2D eigenvalue weighted by Crippen LogP contribution is -2.46. The Morgan fingerprint density at radius 3 is 2.50 bits per heavy atom. The molecule has 0 spiro atoms. The quantitative estimate of drug-likeness (QED) is 0.738. The molecule has 1 aliphatic rings. The summed E-state index contributed by atoms with van der Waals surface area (Å²) in [5, 5.41) is 0. The molecular weight excluding hydrogens is 190 g/mol. The van der Waals surface area contributed by atoms with Crippen LogP contribution in [0, 0.1) is 0 Å². The molecule has 0 radical (unpaired) electrons. The first-order valence-electron chi connectivity index (χ1n) is 4.91. The molecule has 1 fully saturated rings. The summed E-state index contributed by atoms with van der Waals surface area (Å²) in [6, 6.07) is 0.209. The molecular formula is C9H18F2N2O. The van der Waals surface area contributed by atoms with E-state index in [1.54, 1.807) is 11.9 Å². The number of hydrogen-bond acceptors (Lipinski definition) is 3. The monoisotopic (exact) mass is 208 g/mol. The Hall–Kier alpha value is -0.260. The van der Waals surface area contributed by atoms with Crippen LogP contribution in [0.25, 0.3) is 0 Å². The van der Waals surface area contributed by atoms with Crippen molar-refractivity contribution < 1.29 is 13.5 Å². The second kappa shape index (κ2) is 5.00.